The minimum absolute atomic E-state index is 0.0328. The van der Waals surface area contributed by atoms with Crippen molar-refractivity contribution >= 4 is 99.5 Å². The van der Waals surface area contributed by atoms with Gasteiger partial charge in [0.25, 0.3) is 26.1 Å². The second-order valence-corrected chi connectivity index (χ2v) is 15.9. The quantitative estimate of drug-likeness (QED) is 0.146. The van der Waals surface area contributed by atoms with E-state index in [4.69, 9.17) is 34.8 Å². The van der Waals surface area contributed by atoms with Gasteiger partial charge in [0.05, 0.1) is 32.8 Å². The monoisotopic (exact) mass is 751 g/mol. The summed E-state index contributed by atoms with van der Waals surface area (Å²) in [4.78, 5) is 24.2. The van der Waals surface area contributed by atoms with E-state index < -0.39 is 79.6 Å². The van der Waals surface area contributed by atoms with Crippen LogP contribution in [0.25, 0.3) is 0 Å². The summed E-state index contributed by atoms with van der Waals surface area (Å²) in [6.07, 6.45) is -0.685. The zero-order valence-electron chi connectivity index (χ0n) is 22.9. The van der Waals surface area contributed by atoms with Gasteiger partial charge in [0.2, 0.25) is 5.91 Å². The number of hydrazone groups is 1. The Labute approximate surface area is 277 Å². The summed E-state index contributed by atoms with van der Waals surface area (Å²) in [6.45, 7) is 1.37. The second-order valence-electron chi connectivity index (χ2n) is 9.40. The van der Waals surface area contributed by atoms with Crippen molar-refractivity contribution in [3.8, 4) is 0 Å². The lowest BCUT2D eigenvalue weighted by Gasteiger charge is -2.15. The lowest BCUT2D eigenvalue weighted by molar-refractivity contribution is -0.118. The minimum Gasteiger partial charge on any atom is -0.326 e. The lowest BCUT2D eigenvalue weighted by Crippen LogP contribution is -2.30. The number of halogens is 3. The number of anilines is 2. The van der Waals surface area contributed by atoms with Gasteiger partial charge >= 0.3 is 0 Å². The van der Waals surface area contributed by atoms with Gasteiger partial charge in [-0.25, -0.2) is 8.42 Å². The Balaban J connectivity index is 1.58. The molecule has 4 rings (SSSR count). The van der Waals surface area contributed by atoms with Crippen LogP contribution >= 0.6 is 34.8 Å². The fourth-order valence-electron chi connectivity index (χ4n) is 3.98. The van der Waals surface area contributed by atoms with Crippen molar-refractivity contribution in [3.63, 3.8) is 0 Å². The van der Waals surface area contributed by atoms with Crippen molar-refractivity contribution in [2.45, 2.75) is 38.8 Å². The number of rotatable bonds is 10. The molecule has 1 aliphatic heterocycles. The maximum absolute atomic E-state index is 13.2. The van der Waals surface area contributed by atoms with Gasteiger partial charge in [-0.15, -0.1) is 11.6 Å². The molecule has 0 radical (unpaired) electrons. The van der Waals surface area contributed by atoms with Gasteiger partial charge in [0.15, 0.2) is 15.9 Å². The molecule has 2 amide bonds. The number of carbonyl (C=O) groups excluding carboxylic acids is 2. The van der Waals surface area contributed by atoms with E-state index >= 15 is 0 Å². The number of sulfone groups is 1. The van der Waals surface area contributed by atoms with Gasteiger partial charge in [-0.3, -0.25) is 18.7 Å². The number of alkyl halides is 1. The van der Waals surface area contributed by atoms with E-state index in [-0.39, 0.29) is 27.0 Å². The van der Waals surface area contributed by atoms with Crippen LogP contribution < -0.4 is 10.3 Å². The van der Waals surface area contributed by atoms with E-state index in [2.05, 4.69) is 20.6 Å². The fraction of sp³-hybridized carbons (Fsp3) is 0.160. The molecule has 3 aromatic carbocycles. The molecule has 244 valence electrons. The summed E-state index contributed by atoms with van der Waals surface area (Å²) in [5.41, 5.74) is -0.739. The summed E-state index contributed by atoms with van der Waals surface area (Å²) in [5, 5.41) is 14.0. The SMILES string of the molecule is CC1=NN(c2cc(Cl)c(S(=O)(=O)O)cc2Cl)C(=O)C1N=Nc1cc(NC(=O)CC(Cl)S(=O)(=O)c2ccccc2)ccc1S(=O)(=O)O. The second kappa shape index (κ2) is 13.3. The van der Waals surface area contributed by atoms with Crippen LogP contribution in [0.5, 0.6) is 0 Å². The van der Waals surface area contributed by atoms with E-state index in [0.717, 1.165) is 35.3 Å². The first-order valence-corrected chi connectivity index (χ1v) is 18.0. The molecule has 0 bridgehead atoms. The van der Waals surface area contributed by atoms with Crippen LogP contribution in [0.4, 0.5) is 17.1 Å². The van der Waals surface area contributed by atoms with E-state index in [1.807, 2.05) is 0 Å². The van der Waals surface area contributed by atoms with Crippen molar-refractivity contribution in [2.75, 3.05) is 10.3 Å². The van der Waals surface area contributed by atoms with Crippen molar-refractivity contribution in [1.82, 2.24) is 0 Å². The number of hydrogen-bond donors (Lipinski definition) is 3. The summed E-state index contributed by atoms with van der Waals surface area (Å²) in [5.74, 6) is -1.73. The Morgan fingerprint density at radius 2 is 1.59 bits per heavy atom. The highest BCUT2D eigenvalue weighted by molar-refractivity contribution is 7.93. The van der Waals surface area contributed by atoms with E-state index in [1.54, 1.807) is 6.07 Å². The Kier molecular flexibility index (Phi) is 10.2. The van der Waals surface area contributed by atoms with E-state index in [0.29, 0.717) is 0 Å². The third kappa shape index (κ3) is 7.72. The topological polar surface area (TPSA) is 229 Å². The molecule has 0 saturated carbocycles. The van der Waals surface area contributed by atoms with Crippen LogP contribution in [-0.4, -0.2) is 62.6 Å². The number of benzene rings is 3. The van der Waals surface area contributed by atoms with Gasteiger partial charge < -0.3 is 5.32 Å². The number of carbonyl (C=O) groups is 2. The van der Waals surface area contributed by atoms with Crippen molar-refractivity contribution in [2.24, 2.45) is 15.3 Å². The molecular weight excluding hydrogens is 733 g/mol. The highest BCUT2D eigenvalue weighted by Gasteiger charge is 2.37. The molecular formula is C25H20Cl3N5O10S3. The number of azo groups is 1. The molecule has 0 spiro atoms. The van der Waals surface area contributed by atoms with Crippen LogP contribution in [0, 0.1) is 0 Å². The van der Waals surface area contributed by atoms with Gasteiger partial charge in [-0.2, -0.15) is 37.2 Å². The lowest BCUT2D eigenvalue weighted by atomic mass is 10.2. The molecule has 46 heavy (non-hydrogen) atoms. The molecule has 0 fully saturated rings. The van der Waals surface area contributed by atoms with Crippen molar-refractivity contribution in [1.29, 1.82) is 0 Å². The Bertz CT molecular complexity index is 2130. The molecule has 15 nitrogen and oxygen atoms in total. The summed E-state index contributed by atoms with van der Waals surface area (Å²) < 4.78 is 89.7. The molecule has 0 saturated heterocycles. The van der Waals surface area contributed by atoms with Gasteiger partial charge in [0, 0.05) is 5.69 Å². The molecule has 1 aliphatic rings. The van der Waals surface area contributed by atoms with Gasteiger partial charge in [-0.05, 0) is 49.4 Å². The molecule has 3 N–H and O–H groups in total. The molecule has 21 heteroatoms. The Hall–Kier alpha value is -3.49. The smallest absolute Gasteiger partial charge is 0.296 e. The number of amides is 2. The first-order valence-electron chi connectivity index (χ1n) is 12.4. The number of nitrogens with zero attached hydrogens (tertiary/aromatic N) is 4. The van der Waals surface area contributed by atoms with Gasteiger partial charge in [-0.1, -0.05) is 41.4 Å². The molecule has 0 aromatic heterocycles. The maximum Gasteiger partial charge on any atom is 0.296 e. The minimum atomic E-state index is -4.89. The third-order valence-electron chi connectivity index (χ3n) is 6.16. The predicted octanol–water partition coefficient (Wildman–Crippen LogP) is 4.73. The van der Waals surface area contributed by atoms with E-state index in [9.17, 15) is 43.9 Å². The van der Waals surface area contributed by atoms with Crippen molar-refractivity contribution in [3.05, 3.63) is 70.7 Å². The van der Waals surface area contributed by atoms with E-state index in [1.165, 1.54) is 31.2 Å². The molecule has 2 unspecified atom stereocenters. The highest BCUT2D eigenvalue weighted by Crippen LogP contribution is 2.37. The van der Waals surface area contributed by atoms with Crippen LogP contribution in [-0.2, 0) is 39.7 Å². The molecule has 1 heterocycles. The standard InChI is InChI=1S/C25H20Cl3N5O10S3/c1-13-24(25(35)33(32-13)19-10-17(27)21(11-16(19)26)46(41,42)43)31-30-18-9-14(7-8-20(18)45(38,39)40)29-23(34)12-22(28)44(36,37)15-5-3-2-4-6-15/h2-11,22,24H,12H2,1H3,(H,29,34)(H,38,39,40)(H,41,42,43). The normalized spacial score (nSPS) is 16.5. The summed E-state index contributed by atoms with van der Waals surface area (Å²) in [6, 6.07) is 10.5. The Morgan fingerprint density at radius 1 is 0.957 bits per heavy atom. The maximum atomic E-state index is 13.2. The molecule has 0 aliphatic carbocycles. The first kappa shape index (κ1) is 35.4. The van der Waals surface area contributed by atoms with Gasteiger partial charge in [0.1, 0.15) is 20.2 Å². The largest absolute Gasteiger partial charge is 0.326 e. The number of nitrogens with one attached hydrogen (secondary N) is 1. The van der Waals surface area contributed by atoms with Crippen LogP contribution in [0.2, 0.25) is 10.0 Å². The molecule has 3 aromatic rings. The zero-order valence-corrected chi connectivity index (χ0v) is 27.7. The first-order chi connectivity index (χ1) is 21.3. The van der Waals surface area contributed by atoms with Crippen LogP contribution in [0.1, 0.15) is 13.3 Å². The summed E-state index contributed by atoms with van der Waals surface area (Å²) >= 11 is 18.1. The highest BCUT2D eigenvalue weighted by atomic mass is 35.5. The zero-order chi connectivity index (χ0) is 34.2. The third-order valence-corrected chi connectivity index (χ3v) is 11.3. The number of hydrogen-bond acceptors (Lipinski definition) is 11. The van der Waals surface area contributed by atoms with Crippen LogP contribution in [0.3, 0.4) is 0 Å². The average Bonchev–Trinajstić information content (AvgIpc) is 3.24. The van der Waals surface area contributed by atoms with Crippen molar-refractivity contribution < 1.29 is 43.9 Å². The summed E-state index contributed by atoms with van der Waals surface area (Å²) in [7, 11) is -13.7. The Morgan fingerprint density at radius 3 is 2.20 bits per heavy atom. The predicted molar refractivity (Wildman–Crippen MR) is 168 cm³/mol. The van der Waals surface area contributed by atoms with Crippen LogP contribution in [0.15, 0.2) is 90.7 Å². The molecule has 2 atom stereocenters. The average molecular weight is 753 g/mol. The fourth-order valence-corrected chi connectivity index (χ4v) is 7.56.